The van der Waals surface area contributed by atoms with Crippen LogP contribution in [0.5, 0.6) is 5.75 Å². The average molecular weight is 298 g/mol. The topological polar surface area (TPSA) is 49.9 Å². The lowest BCUT2D eigenvalue weighted by atomic mass is 10.2. The van der Waals surface area contributed by atoms with Gasteiger partial charge in [0.2, 0.25) is 10.0 Å². The van der Waals surface area contributed by atoms with E-state index in [0.29, 0.717) is 19.7 Å². The molecule has 112 valence electrons. The van der Waals surface area contributed by atoms with Gasteiger partial charge in [0.15, 0.2) is 0 Å². The highest BCUT2D eigenvalue weighted by Crippen LogP contribution is 2.21. The Morgan fingerprint density at radius 1 is 1.05 bits per heavy atom. The number of hydrogen-bond donors (Lipinski definition) is 0. The van der Waals surface area contributed by atoms with Crippen molar-refractivity contribution in [2.45, 2.75) is 13.8 Å². The van der Waals surface area contributed by atoms with Crippen LogP contribution >= 0.6 is 0 Å². The van der Waals surface area contributed by atoms with Crippen LogP contribution in [0.1, 0.15) is 13.8 Å². The van der Waals surface area contributed by atoms with E-state index in [0.717, 1.165) is 24.5 Å². The fourth-order valence-corrected chi connectivity index (χ4v) is 3.41. The molecule has 1 aromatic carbocycles. The van der Waals surface area contributed by atoms with E-state index in [-0.39, 0.29) is 5.75 Å². The van der Waals surface area contributed by atoms with Crippen LogP contribution in [-0.4, -0.2) is 51.3 Å². The maximum atomic E-state index is 11.8. The first-order valence-electron chi connectivity index (χ1n) is 7.02. The maximum absolute atomic E-state index is 11.8. The predicted molar refractivity (Wildman–Crippen MR) is 80.9 cm³/mol. The summed E-state index contributed by atoms with van der Waals surface area (Å²) < 4.78 is 30.6. The first kappa shape index (κ1) is 15.1. The number of rotatable bonds is 5. The largest absolute Gasteiger partial charge is 0.494 e. The van der Waals surface area contributed by atoms with Gasteiger partial charge in [0.25, 0.3) is 0 Å². The molecule has 1 heterocycles. The smallest absolute Gasteiger partial charge is 0.213 e. The van der Waals surface area contributed by atoms with Gasteiger partial charge in [-0.3, -0.25) is 0 Å². The standard InChI is InChI=1S/C14H22N2O3S/c1-3-19-14-7-5-13(6-8-14)15-9-11-16(12-10-15)20(17,18)4-2/h5-8H,3-4,9-12H2,1-2H3. The number of sulfonamides is 1. The highest BCUT2D eigenvalue weighted by atomic mass is 32.2. The van der Waals surface area contributed by atoms with Crippen molar-refractivity contribution < 1.29 is 13.2 Å². The van der Waals surface area contributed by atoms with Crippen molar-refractivity contribution in [2.75, 3.05) is 43.4 Å². The molecule has 0 spiro atoms. The number of benzene rings is 1. The summed E-state index contributed by atoms with van der Waals surface area (Å²) in [4.78, 5) is 2.21. The minimum absolute atomic E-state index is 0.177. The maximum Gasteiger partial charge on any atom is 0.213 e. The lowest BCUT2D eigenvalue weighted by molar-refractivity contribution is 0.340. The van der Waals surface area contributed by atoms with E-state index in [1.54, 1.807) is 11.2 Å². The molecule has 5 nitrogen and oxygen atoms in total. The highest BCUT2D eigenvalue weighted by Gasteiger charge is 2.25. The quantitative estimate of drug-likeness (QED) is 0.828. The third-order valence-corrected chi connectivity index (χ3v) is 5.39. The third kappa shape index (κ3) is 3.43. The summed E-state index contributed by atoms with van der Waals surface area (Å²) in [6.45, 7) is 6.88. The molecule has 0 amide bonds. The van der Waals surface area contributed by atoms with E-state index in [1.165, 1.54) is 0 Å². The summed E-state index contributed by atoms with van der Waals surface area (Å²) >= 11 is 0. The van der Waals surface area contributed by atoms with Crippen molar-refractivity contribution in [3.05, 3.63) is 24.3 Å². The molecule has 20 heavy (non-hydrogen) atoms. The zero-order chi connectivity index (χ0) is 14.6. The Hall–Kier alpha value is -1.27. The Kier molecular flexibility index (Phi) is 4.88. The van der Waals surface area contributed by atoms with E-state index >= 15 is 0 Å². The molecule has 2 rings (SSSR count). The number of piperazine rings is 1. The zero-order valence-corrected chi connectivity index (χ0v) is 12.9. The highest BCUT2D eigenvalue weighted by molar-refractivity contribution is 7.89. The first-order chi connectivity index (χ1) is 9.56. The SMILES string of the molecule is CCOc1ccc(N2CCN(S(=O)(=O)CC)CC2)cc1. The summed E-state index contributed by atoms with van der Waals surface area (Å²) in [5.74, 6) is 1.04. The van der Waals surface area contributed by atoms with Crippen LogP contribution in [0.2, 0.25) is 0 Å². The van der Waals surface area contributed by atoms with E-state index < -0.39 is 10.0 Å². The van der Waals surface area contributed by atoms with Gasteiger partial charge in [0.05, 0.1) is 12.4 Å². The van der Waals surface area contributed by atoms with Gasteiger partial charge in [-0.2, -0.15) is 4.31 Å². The van der Waals surface area contributed by atoms with Crippen molar-refractivity contribution in [3.8, 4) is 5.75 Å². The number of anilines is 1. The second kappa shape index (κ2) is 6.45. The van der Waals surface area contributed by atoms with E-state index in [1.807, 2.05) is 31.2 Å². The molecule has 0 N–H and O–H groups in total. The molecule has 1 aromatic rings. The second-order valence-electron chi connectivity index (χ2n) is 4.71. The fraction of sp³-hybridized carbons (Fsp3) is 0.571. The minimum atomic E-state index is -3.05. The van der Waals surface area contributed by atoms with Crippen LogP contribution in [0.15, 0.2) is 24.3 Å². The van der Waals surface area contributed by atoms with Gasteiger partial charge in [-0.05, 0) is 38.1 Å². The molecular weight excluding hydrogens is 276 g/mol. The molecular formula is C14H22N2O3S. The van der Waals surface area contributed by atoms with Crippen LogP contribution in [-0.2, 0) is 10.0 Å². The van der Waals surface area contributed by atoms with Crippen molar-refractivity contribution in [1.29, 1.82) is 0 Å². The Morgan fingerprint density at radius 2 is 1.65 bits per heavy atom. The van der Waals surface area contributed by atoms with Crippen LogP contribution in [0, 0.1) is 0 Å². The van der Waals surface area contributed by atoms with Gasteiger partial charge in [-0.15, -0.1) is 0 Å². The Bertz CT molecular complexity index is 520. The van der Waals surface area contributed by atoms with E-state index in [9.17, 15) is 8.42 Å². The van der Waals surface area contributed by atoms with E-state index in [4.69, 9.17) is 4.74 Å². The normalized spacial score (nSPS) is 17.2. The molecule has 0 aliphatic carbocycles. The molecule has 1 aliphatic heterocycles. The molecule has 0 bridgehead atoms. The lowest BCUT2D eigenvalue weighted by Gasteiger charge is -2.35. The molecule has 0 saturated carbocycles. The molecule has 6 heteroatoms. The Labute approximate surface area is 121 Å². The summed E-state index contributed by atoms with van der Waals surface area (Å²) in [5.41, 5.74) is 1.11. The molecule has 1 fully saturated rings. The minimum Gasteiger partial charge on any atom is -0.494 e. The first-order valence-corrected chi connectivity index (χ1v) is 8.63. The number of nitrogens with zero attached hydrogens (tertiary/aromatic N) is 2. The molecule has 0 unspecified atom stereocenters. The third-order valence-electron chi connectivity index (χ3n) is 3.51. The monoisotopic (exact) mass is 298 g/mol. The van der Waals surface area contributed by atoms with E-state index in [2.05, 4.69) is 4.90 Å². The summed E-state index contributed by atoms with van der Waals surface area (Å²) in [6, 6.07) is 7.95. The predicted octanol–water partition coefficient (Wildman–Crippen LogP) is 1.56. The van der Waals surface area contributed by atoms with Crippen LogP contribution < -0.4 is 9.64 Å². The van der Waals surface area contributed by atoms with Gasteiger partial charge in [-0.25, -0.2) is 8.42 Å². The van der Waals surface area contributed by atoms with Crippen LogP contribution in [0.4, 0.5) is 5.69 Å². The van der Waals surface area contributed by atoms with Crippen molar-refractivity contribution >= 4 is 15.7 Å². The number of hydrogen-bond acceptors (Lipinski definition) is 4. The Balaban J connectivity index is 1.97. The summed E-state index contributed by atoms with van der Waals surface area (Å²) in [6.07, 6.45) is 0. The van der Waals surface area contributed by atoms with Crippen molar-refractivity contribution in [3.63, 3.8) is 0 Å². The van der Waals surface area contributed by atoms with Crippen molar-refractivity contribution in [2.24, 2.45) is 0 Å². The van der Waals surface area contributed by atoms with Gasteiger partial charge < -0.3 is 9.64 Å². The molecule has 0 radical (unpaired) electrons. The average Bonchev–Trinajstić information content (AvgIpc) is 2.48. The molecule has 1 saturated heterocycles. The van der Waals surface area contributed by atoms with Crippen LogP contribution in [0.25, 0.3) is 0 Å². The van der Waals surface area contributed by atoms with Crippen LogP contribution in [0.3, 0.4) is 0 Å². The van der Waals surface area contributed by atoms with Gasteiger partial charge in [0, 0.05) is 31.9 Å². The molecule has 0 aromatic heterocycles. The Morgan fingerprint density at radius 3 is 2.15 bits per heavy atom. The van der Waals surface area contributed by atoms with Crippen molar-refractivity contribution in [1.82, 2.24) is 4.31 Å². The summed E-state index contributed by atoms with van der Waals surface area (Å²) in [7, 11) is -3.05. The summed E-state index contributed by atoms with van der Waals surface area (Å²) in [5, 5.41) is 0. The second-order valence-corrected chi connectivity index (χ2v) is 6.97. The molecule has 1 aliphatic rings. The van der Waals surface area contributed by atoms with Gasteiger partial charge >= 0.3 is 0 Å². The zero-order valence-electron chi connectivity index (χ0n) is 12.1. The molecule has 0 atom stereocenters. The lowest BCUT2D eigenvalue weighted by Crippen LogP contribution is -2.49. The number of ether oxygens (including phenoxy) is 1. The van der Waals surface area contributed by atoms with Gasteiger partial charge in [-0.1, -0.05) is 0 Å². The fourth-order valence-electron chi connectivity index (χ4n) is 2.33. The van der Waals surface area contributed by atoms with Gasteiger partial charge in [0.1, 0.15) is 5.75 Å².